The summed E-state index contributed by atoms with van der Waals surface area (Å²) in [6.07, 6.45) is 14.0. The zero-order valence-corrected chi connectivity index (χ0v) is 30.5. The van der Waals surface area contributed by atoms with E-state index >= 15 is 0 Å². The Kier molecular flexibility index (Phi) is 7.76. The van der Waals surface area contributed by atoms with Crippen LogP contribution in [-0.2, 0) is 12.8 Å². The maximum absolute atomic E-state index is 2.48. The summed E-state index contributed by atoms with van der Waals surface area (Å²) in [5.41, 5.74) is 17.9. The molecule has 0 aromatic heterocycles. The molecule has 0 radical (unpaired) electrons. The third-order valence-corrected chi connectivity index (χ3v) is 12.0. The highest BCUT2D eigenvalue weighted by molar-refractivity contribution is 6.98. The maximum atomic E-state index is 2.48. The van der Waals surface area contributed by atoms with E-state index < -0.39 is 0 Å². The Hall–Kier alpha value is -5.92. The van der Waals surface area contributed by atoms with Gasteiger partial charge in [0, 0.05) is 0 Å². The summed E-state index contributed by atoms with van der Waals surface area (Å²) < 4.78 is 0. The fourth-order valence-electron chi connectivity index (χ4n) is 9.55. The Balaban J connectivity index is 1.19. The van der Waals surface area contributed by atoms with Gasteiger partial charge in [0.1, 0.15) is 0 Å². The number of aryl methyl sites for hydroxylation is 2. The predicted octanol–water partition coefficient (Wildman–Crippen LogP) is 11.5. The van der Waals surface area contributed by atoms with Crippen LogP contribution in [0.15, 0.2) is 152 Å². The summed E-state index contributed by atoms with van der Waals surface area (Å²) in [6, 6.07) is 52.7. The van der Waals surface area contributed by atoms with Gasteiger partial charge in [-0.3, -0.25) is 0 Å². The molecule has 0 nitrogen and oxygen atoms in total. The van der Waals surface area contributed by atoms with E-state index in [0.717, 1.165) is 25.7 Å². The number of hydrogen-bond acceptors (Lipinski definition) is 0. The molecule has 1 heteroatoms. The summed E-state index contributed by atoms with van der Waals surface area (Å²) in [6.45, 7) is 4.63. The molecular weight excluding hydrogens is 635 g/mol. The lowest BCUT2D eigenvalue weighted by molar-refractivity contribution is 0.907. The molecule has 0 N–H and O–H groups in total. The van der Waals surface area contributed by atoms with Crippen molar-refractivity contribution in [3.63, 3.8) is 0 Å². The second kappa shape index (κ2) is 12.9. The van der Waals surface area contributed by atoms with Crippen LogP contribution in [0.3, 0.4) is 0 Å². The van der Waals surface area contributed by atoms with Gasteiger partial charge >= 0.3 is 0 Å². The topological polar surface area (TPSA) is 0 Å². The standard InChI is InChI=1S/C52H41B/c1-34-26-28-36-14-3-7-20-43(36)51(34)53(52-35(2)27-29-37-15-4-8-21-44(37)52)40-18-13-17-38(32-40)42-30-31-49(47-24-11-9-23-46(42)47)50-33-39-16-5-6-19-41(39)45-22-10-12-25-48(45)50/h3-5,7-9,11-18,20-21,23-33H,6,10,19,22H2,1-2H3. The molecule has 0 fully saturated rings. The van der Waals surface area contributed by atoms with E-state index in [2.05, 4.69) is 178 Å². The highest BCUT2D eigenvalue weighted by atomic mass is 14.2. The largest absolute Gasteiger partial charge is 0.243 e. The Morgan fingerprint density at radius 1 is 0.453 bits per heavy atom. The van der Waals surface area contributed by atoms with E-state index in [9.17, 15) is 0 Å². The molecule has 8 aromatic carbocycles. The summed E-state index contributed by atoms with van der Waals surface area (Å²) in [5, 5.41) is 7.81. The molecule has 0 spiro atoms. The quantitative estimate of drug-likeness (QED) is 0.159. The summed E-state index contributed by atoms with van der Waals surface area (Å²) in [7, 11) is 0. The van der Waals surface area contributed by atoms with Crippen LogP contribution < -0.4 is 16.4 Å². The van der Waals surface area contributed by atoms with Gasteiger partial charge in [-0.15, -0.1) is 0 Å². The molecule has 0 heterocycles. The van der Waals surface area contributed by atoms with Crippen molar-refractivity contribution < 1.29 is 0 Å². The summed E-state index contributed by atoms with van der Waals surface area (Å²) in [4.78, 5) is 0. The number of rotatable bonds is 5. The lowest BCUT2D eigenvalue weighted by Crippen LogP contribution is -2.54. The molecule has 8 aromatic rings. The summed E-state index contributed by atoms with van der Waals surface area (Å²) >= 11 is 0. The zero-order valence-electron chi connectivity index (χ0n) is 30.5. The molecule has 53 heavy (non-hydrogen) atoms. The second-order valence-electron chi connectivity index (χ2n) is 15.1. The molecule has 0 aliphatic heterocycles. The maximum Gasteiger partial charge on any atom is 0.243 e. The number of allylic oxidation sites excluding steroid dienone is 2. The molecule has 252 valence electrons. The van der Waals surface area contributed by atoms with E-state index in [-0.39, 0.29) is 6.71 Å². The zero-order chi connectivity index (χ0) is 35.5. The average Bonchev–Trinajstić information content (AvgIpc) is 3.22. The normalized spacial score (nSPS) is 13.4. The minimum absolute atomic E-state index is 0.0551. The van der Waals surface area contributed by atoms with Crippen LogP contribution in [0.25, 0.3) is 66.7 Å². The van der Waals surface area contributed by atoms with Gasteiger partial charge in [-0.1, -0.05) is 185 Å². The van der Waals surface area contributed by atoms with Crippen LogP contribution in [0.5, 0.6) is 0 Å². The third kappa shape index (κ3) is 5.29. The van der Waals surface area contributed by atoms with Crippen LogP contribution in [0.4, 0.5) is 0 Å². The fourth-order valence-corrected chi connectivity index (χ4v) is 9.55. The molecule has 0 saturated carbocycles. The first kappa shape index (κ1) is 31.8. The first-order valence-electron chi connectivity index (χ1n) is 19.2. The smallest absolute Gasteiger partial charge is 0.0836 e. The Morgan fingerprint density at radius 3 is 1.74 bits per heavy atom. The van der Waals surface area contributed by atoms with Gasteiger partial charge in [-0.05, 0) is 122 Å². The van der Waals surface area contributed by atoms with E-state index in [1.807, 2.05) is 0 Å². The highest BCUT2D eigenvalue weighted by Gasteiger charge is 2.29. The lowest BCUT2D eigenvalue weighted by Gasteiger charge is -2.25. The van der Waals surface area contributed by atoms with Crippen LogP contribution in [-0.4, -0.2) is 6.71 Å². The van der Waals surface area contributed by atoms with Crippen LogP contribution in [0, 0.1) is 13.8 Å². The number of fused-ring (bicyclic) bond motifs is 6. The van der Waals surface area contributed by atoms with Crippen LogP contribution >= 0.6 is 0 Å². The number of benzene rings is 8. The Bertz CT molecular complexity index is 2730. The number of hydrogen-bond donors (Lipinski definition) is 0. The third-order valence-electron chi connectivity index (χ3n) is 12.0. The molecule has 2 aliphatic rings. The summed E-state index contributed by atoms with van der Waals surface area (Å²) in [5.74, 6) is 0. The molecule has 2 aliphatic carbocycles. The molecular formula is C52H41B. The van der Waals surface area contributed by atoms with Crippen LogP contribution in [0.1, 0.15) is 46.2 Å². The minimum Gasteiger partial charge on any atom is -0.0836 e. The first-order chi connectivity index (χ1) is 26.1. The van der Waals surface area contributed by atoms with Gasteiger partial charge in [0.05, 0.1) is 0 Å². The van der Waals surface area contributed by atoms with Crippen molar-refractivity contribution in [1.82, 2.24) is 0 Å². The van der Waals surface area contributed by atoms with Gasteiger partial charge in [0.15, 0.2) is 0 Å². The highest BCUT2D eigenvalue weighted by Crippen LogP contribution is 2.42. The van der Waals surface area contributed by atoms with Crippen molar-refractivity contribution in [3.8, 4) is 22.3 Å². The molecule has 10 rings (SSSR count). The first-order valence-corrected chi connectivity index (χ1v) is 19.2. The average molecular weight is 677 g/mol. The predicted molar refractivity (Wildman–Crippen MR) is 232 cm³/mol. The SMILES string of the molecule is Cc1ccc2ccccc2c1B(c1cccc(-c2ccc(-c3cc4c(c5c3C=CCC5)CCC=C4)c3ccccc23)c1)c1c(C)ccc2ccccc12. The van der Waals surface area contributed by atoms with Gasteiger partial charge in [-0.2, -0.15) is 0 Å². The second-order valence-corrected chi connectivity index (χ2v) is 15.1. The lowest BCUT2D eigenvalue weighted by atomic mass is 9.34. The molecule has 0 bridgehead atoms. The van der Waals surface area contributed by atoms with Gasteiger partial charge < -0.3 is 0 Å². The van der Waals surface area contributed by atoms with Crippen molar-refractivity contribution in [2.75, 3.05) is 0 Å². The van der Waals surface area contributed by atoms with Crippen molar-refractivity contribution in [2.45, 2.75) is 39.5 Å². The van der Waals surface area contributed by atoms with E-state index in [1.165, 1.54) is 93.2 Å². The van der Waals surface area contributed by atoms with E-state index in [0.29, 0.717) is 0 Å². The van der Waals surface area contributed by atoms with Crippen molar-refractivity contribution >= 4 is 67.6 Å². The van der Waals surface area contributed by atoms with Gasteiger partial charge in [0.2, 0.25) is 6.71 Å². The Labute approximate surface area is 313 Å². The molecule has 0 unspecified atom stereocenters. The molecule has 0 atom stereocenters. The molecule has 0 amide bonds. The Morgan fingerprint density at radius 2 is 1.04 bits per heavy atom. The van der Waals surface area contributed by atoms with Crippen LogP contribution in [0.2, 0.25) is 0 Å². The van der Waals surface area contributed by atoms with Gasteiger partial charge in [-0.25, -0.2) is 0 Å². The van der Waals surface area contributed by atoms with Crippen molar-refractivity contribution in [2.24, 2.45) is 0 Å². The van der Waals surface area contributed by atoms with E-state index in [1.54, 1.807) is 11.1 Å². The van der Waals surface area contributed by atoms with E-state index in [4.69, 9.17) is 0 Å². The van der Waals surface area contributed by atoms with Crippen molar-refractivity contribution in [3.05, 3.63) is 185 Å². The van der Waals surface area contributed by atoms with Gasteiger partial charge in [0.25, 0.3) is 0 Å². The fraction of sp³-hybridized carbons (Fsp3) is 0.115. The van der Waals surface area contributed by atoms with Crippen molar-refractivity contribution in [1.29, 1.82) is 0 Å². The minimum atomic E-state index is 0.0551. The molecule has 0 saturated heterocycles. The monoisotopic (exact) mass is 676 g/mol.